The predicted octanol–water partition coefficient (Wildman–Crippen LogP) is 3.72. The van der Waals surface area contributed by atoms with Crippen molar-refractivity contribution >= 4 is 32.3 Å². The average Bonchev–Trinajstić information content (AvgIpc) is 2.88. The lowest BCUT2D eigenvalue weighted by molar-refractivity contribution is 0.245. The summed E-state index contributed by atoms with van der Waals surface area (Å²) in [5, 5.41) is 24.0. The summed E-state index contributed by atoms with van der Waals surface area (Å²) in [5.74, 6) is 0.442. The fraction of sp³-hybridized carbons (Fsp3) is 0.176. The van der Waals surface area contributed by atoms with Crippen molar-refractivity contribution in [2.45, 2.75) is 24.8 Å². The zero-order valence-electron chi connectivity index (χ0n) is 14.2. The number of aromatic hydroxyl groups is 1. The Bertz CT molecular complexity index is 1070. The van der Waals surface area contributed by atoms with Gasteiger partial charge in [-0.15, -0.1) is 5.11 Å². The van der Waals surface area contributed by atoms with E-state index in [1.165, 1.54) is 24.3 Å². The van der Waals surface area contributed by atoms with E-state index in [0.717, 1.165) is 0 Å². The quantitative estimate of drug-likeness (QED) is 0.587. The summed E-state index contributed by atoms with van der Waals surface area (Å²) in [5.41, 5.74) is 1.32. The minimum Gasteiger partial charge on any atom is -0.493 e. The van der Waals surface area contributed by atoms with Gasteiger partial charge in [-0.2, -0.15) is 5.11 Å². The Morgan fingerprint density at radius 1 is 1.12 bits per heavy atom. The SMILES string of the molecule is CC(C)Oc1cccc2[nH]c(O)c(N=Nc3ccc(S(N)(=O)=O)cc3)c12. The Kier molecular flexibility index (Phi) is 4.66. The van der Waals surface area contributed by atoms with Crippen LogP contribution >= 0.6 is 0 Å². The Balaban J connectivity index is 2.00. The molecule has 2 aromatic carbocycles. The summed E-state index contributed by atoms with van der Waals surface area (Å²) in [6.45, 7) is 3.80. The van der Waals surface area contributed by atoms with Gasteiger partial charge < -0.3 is 14.8 Å². The van der Waals surface area contributed by atoms with Crippen molar-refractivity contribution in [1.82, 2.24) is 4.98 Å². The van der Waals surface area contributed by atoms with Gasteiger partial charge in [-0.05, 0) is 50.2 Å². The van der Waals surface area contributed by atoms with Crippen LogP contribution in [-0.2, 0) is 10.0 Å². The number of hydrogen-bond donors (Lipinski definition) is 3. The summed E-state index contributed by atoms with van der Waals surface area (Å²) >= 11 is 0. The number of H-pyrrole nitrogens is 1. The number of primary sulfonamides is 1. The molecule has 0 atom stereocenters. The maximum Gasteiger partial charge on any atom is 0.238 e. The number of ether oxygens (including phenoxy) is 1. The predicted molar refractivity (Wildman–Crippen MR) is 97.7 cm³/mol. The van der Waals surface area contributed by atoms with Crippen molar-refractivity contribution < 1.29 is 18.3 Å². The molecule has 8 nitrogen and oxygen atoms in total. The van der Waals surface area contributed by atoms with Crippen molar-refractivity contribution in [3.63, 3.8) is 0 Å². The number of azo groups is 1. The highest BCUT2D eigenvalue weighted by molar-refractivity contribution is 7.89. The molecule has 26 heavy (non-hydrogen) atoms. The first-order valence-corrected chi connectivity index (χ1v) is 9.35. The number of benzene rings is 2. The number of aromatic nitrogens is 1. The molecule has 3 rings (SSSR count). The van der Waals surface area contributed by atoms with Gasteiger partial charge in [-0.25, -0.2) is 13.6 Å². The first-order valence-electron chi connectivity index (χ1n) is 7.80. The highest BCUT2D eigenvalue weighted by Crippen LogP contribution is 2.41. The minimum atomic E-state index is -3.76. The van der Waals surface area contributed by atoms with Crippen LogP contribution < -0.4 is 9.88 Å². The van der Waals surface area contributed by atoms with E-state index in [4.69, 9.17) is 9.88 Å². The van der Waals surface area contributed by atoms with Crippen molar-refractivity contribution in [3.8, 4) is 11.6 Å². The third kappa shape index (κ3) is 3.68. The molecule has 0 radical (unpaired) electrons. The van der Waals surface area contributed by atoms with Gasteiger partial charge in [0, 0.05) is 0 Å². The summed E-state index contributed by atoms with van der Waals surface area (Å²) < 4.78 is 28.3. The Hall–Kier alpha value is -2.91. The lowest BCUT2D eigenvalue weighted by Crippen LogP contribution is -2.11. The largest absolute Gasteiger partial charge is 0.493 e. The number of nitrogens with one attached hydrogen (secondary N) is 1. The Morgan fingerprint density at radius 3 is 2.42 bits per heavy atom. The topological polar surface area (TPSA) is 130 Å². The molecular formula is C17H18N4O4S. The molecule has 0 saturated carbocycles. The number of sulfonamides is 1. The second-order valence-electron chi connectivity index (χ2n) is 5.91. The molecule has 1 heterocycles. The third-order valence-electron chi connectivity index (χ3n) is 3.53. The van der Waals surface area contributed by atoms with Crippen molar-refractivity contribution in [2.24, 2.45) is 15.4 Å². The first kappa shape index (κ1) is 17.9. The normalized spacial score (nSPS) is 12.3. The summed E-state index contributed by atoms with van der Waals surface area (Å²) in [4.78, 5) is 2.82. The third-order valence-corrected chi connectivity index (χ3v) is 4.46. The zero-order valence-corrected chi connectivity index (χ0v) is 15.0. The average molecular weight is 374 g/mol. The lowest BCUT2D eigenvalue weighted by Gasteiger charge is -2.10. The fourth-order valence-corrected chi connectivity index (χ4v) is 2.96. The maximum atomic E-state index is 11.3. The summed E-state index contributed by atoms with van der Waals surface area (Å²) in [7, 11) is -3.76. The second-order valence-corrected chi connectivity index (χ2v) is 7.47. The van der Waals surface area contributed by atoms with Crippen molar-refractivity contribution in [2.75, 3.05) is 0 Å². The van der Waals surface area contributed by atoms with E-state index in [9.17, 15) is 13.5 Å². The van der Waals surface area contributed by atoms with Crippen LogP contribution in [0, 0.1) is 0 Å². The van der Waals surface area contributed by atoms with Crippen LogP contribution in [0.25, 0.3) is 10.9 Å². The number of aromatic amines is 1. The molecule has 0 spiro atoms. The van der Waals surface area contributed by atoms with E-state index in [2.05, 4.69) is 15.2 Å². The van der Waals surface area contributed by atoms with Crippen LogP contribution in [0.4, 0.5) is 11.4 Å². The molecule has 4 N–H and O–H groups in total. The van der Waals surface area contributed by atoms with Crippen LogP contribution in [0.3, 0.4) is 0 Å². The standard InChI is InChI=1S/C17H18N4O4S/c1-10(2)25-14-5-3-4-13-15(14)16(17(22)19-13)21-20-11-6-8-12(9-7-11)26(18,23)24/h3-10,19,22H,1-2H3,(H2,18,23,24). The van der Waals surface area contributed by atoms with Gasteiger partial charge in [0.2, 0.25) is 15.9 Å². The van der Waals surface area contributed by atoms with E-state index >= 15 is 0 Å². The first-order chi connectivity index (χ1) is 12.3. The van der Waals surface area contributed by atoms with E-state index < -0.39 is 10.0 Å². The molecular weight excluding hydrogens is 356 g/mol. The van der Waals surface area contributed by atoms with Crippen LogP contribution in [0.15, 0.2) is 57.6 Å². The van der Waals surface area contributed by atoms with E-state index in [1.54, 1.807) is 12.1 Å². The van der Waals surface area contributed by atoms with Crippen molar-refractivity contribution in [3.05, 3.63) is 42.5 Å². The van der Waals surface area contributed by atoms with Gasteiger partial charge in [-0.1, -0.05) is 6.07 Å². The number of nitrogens with two attached hydrogens (primary N) is 1. The molecule has 1 aromatic heterocycles. The molecule has 9 heteroatoms. The number of nitrogens with zero attached hydrogens (tertiary/aromatic N) is 2. The molecule has 0 aliphatic carbocycles. The summed E-state index contributed by atoms with van der Waals surface area (Å²) in [6, 6.07) is 11.0. The van der Waals surface area contributed by atoms with Crippen LogP contribution in [0.2, 0.25) is 0 Å². The van der Waals surface area contributed by atoms with E-state index in [1.807, 2.05) is 19.9 Å². The number of hydrogen-bond acceptors (Lipinski definition) is 6. The highest BCUT2D eigenvalue weighted by Gasteiger charge is 2.16. The van der Waals surface area contributed by atoms with Gasteiger partial charge in [0.25, 0.3) is 0 Å². The van der Waals surface area contributed by atoms with Crippen LogP contribution in [0.5, 0.6) is 11.6 Å². The van der Waals surface area contributed by atoms with Crippen LogP contribution in [-0.4, -0.2) is 24.6 Å². The van der Waals surface area contributed by atoms with Crippen molar-refractivity contribution in [1.29, 1.82) is 0 Å². The molecule has 136 valence electrons. The van der Waals surface area contributed by atoms with Gasteiger partial charge in [-0.3, -0.25) is 0 Å². The maximum absolute atomic E-state index is 11.3. The summed E-state index contributed by atoms with van der Waals surface area (Å²) in [6.07, 6.45) is -0.0480. The molecule has 0 aliphatic rings. The molecule has 0 aliphatic heterocycles. The Morgan fingerprint density at radius 2 is 1.81 bits per heavy atom. The lowest BCUT2D eigenvalue weighted by atomic mass is 10.2. The smallest absolute Gasteiger partial charge is 0.238 e. The fourth-order valence-electron chi connectivity index (χ4n) is 2.44. The van der Waals surface area contributed by atoms with Gasteiger partial charge in [0.05, 0.1) is 27.6 Å². The molecule has 0 unspecified atom stereocenters. The van der Waals surface area contributed by atoms with E-state index in [-0.39, 0.29) is 22.6 Å². The zero-order chi connectivity index (χ0) is 18.9. The molecule has 3 aromatic rings. The number of rotatable bonds is 5. The second kappa shape index (κ2) is 6.77. The molecule has 0 saturated heterocycles. The van der Waals surface area contributed by atoms with Crippen LogP contribution in [0.1, 0.15) is 13.8 Å². The molecule has 0 fully saturated rings. The van der Waals surface area contributed by atoms with Gasteiger partial charge in [0.15, 0.2) is 5.69 Å². The minimum absolute atomic E-state index is 0.0148. The van der Waals surface area contributed by atoms with Gasteiger partial charge in [0.1, 0.15) is 5.75 Å². The monoisotopic (exact) mass is 374 g/mol. The highest BCUT2D eigenvalue weighted by atomic mass is 32.2. The Labute approximate surface area is 150 Å². The molecule has 0 bridgehead atoms. The van der Waals surface area contributed by atoms with Gasteiger partial charge >= 0.3 is 0 Å². The molecule has 0 amide bonds. The number of fused-ring (bicyclic) bond motifs is 1. The van der Waals surface area contributed by atoms with E-state index in [0.29, 0.717) is 22.3 Å².